The number of benzene rings is 3. The molecule has 0 aliphatic heterocycles. The predicted octanol–water partition coefficient (Wildman–Crippen LogP) is 3.05. The SMILES string of the molecule is NS(=O)(=O)c1ccc(CCNC(=O)c2ccccc2Nc2ccccc2)cc1. The molecule has 6 nitrogen and oxygen atoms in total. The van der Waals surface area contributed by atoms with Crippen molar-refractivity contribution in [1.29, 1.82) is 0 Å². The molecule has 0 heterocycles. The molecule has 28 heavy (non-hydrogen) atoms. The van der Waals surface area contributed by atoms with Gasteiger partial charge >= 0.3 is 0 Å². The lowest BCUT2D eigenvalue weighted by Gasteiger charge is -2.12. The van der Waals surface area contributed by atoms with Crippen LogP contribution in [0.2, 0.25) is 0 Å². The zero-order chi connectivity index (χ0) is 20.0. The molecule has 7 heteroatoms. The van der Waals surface area contributed by atoms with Crippen LogP contribution in [-0.2, 0) is 16.4 Å². The zero-order valence-corrected chi connectivity index (χ0v) is 15.9. The van der Waals surface area contributed by atoms with Gasteiger partial charge in [-0.25, -0.2) is 13.6 Å². The molecule has 3 rings (SSSR count). The Hall–Kier alpha value is -3.16. The largest absolute Gasteiger partial charge is 0.355 e. The molecule has 0 unspecified atom stereocenters. The number of rotatable bonds is 7. The summed E-state index contributed by atoms with van der Waals surface area (Å²) in [5.41, 5.74) is 3.08. The van der Waals surface area contributed by atoms with E-state index in [1.165, 1.54) is 12.1 Å². The second-order valence-electron chi connectivity index (χ2n) is 6.23. The lowest BCUT2D eigenvalue weighted by Crippen LogP contribution is -2.26. The molecule has 1 amide bonds. The number of hydrogen-bond acceptors (Lipinski definition) is 4. The fourth-order valence-electron chi connectivity index (χ4n) is 2.73. The smallest absolute Gasteiger partial charge is 0.253 e. The highest BCUT2D eigenvalue weighted by Gasteiger charge is 2.11. The molecule has 0 saturated carbocycles. The molecule has 4 N–H and O–H groups in total. The standard InChI is InChI=1S/C21H21N3O3S/c22-28(26,27)18-12-10-16(11-13-18)14-15-23-21(25)19-8-4-5-9-20(19)24-17-6-2-1-3-7-17/h1-13,24H,14-15H2,(H,23,25)(H2,22,26,27). The van der Waals surface area contributed by atoms with Gasteiger partial charge in [-0.3, -0.25) is 4.79 Å². The van der Waals surface area contributed by atoms with E-state index < -0.39 is 10.0 Å². The average Bonchev–Trinajstić information content (AvgIpc) is 2.69. The van der Waals surface area contributed by atoms with Gasteiger partial charge in [0.25, 0.3) is 5.91 Å². The normalized spacial score (nSPS) is 11.0. The van der Waals surface area contributed by atoms with Crippen LogP contribution in [0, 0.1) is 0 Å². The number of para-hydroxylation sites is 2. The first-order valence-corrected chi connectivity index (χ1v) is 10.3. The predicted molar refractivity (Wildman–Crippen MR) is 110 cm³/mol. The Labute approximate surface area is 164 Å². The first-order chi connectivity index (χ1) is 13.4. The van der Waals surface area contributed by atoms with Crippen LogP contribution in [0.4, 0.5) is 11.4 Å². The van der Waals surface area contributed by atoms with E-state index in [4.69, 9.17) is 5.14 Å². The molecule has 3 aromatic rings. The number of carbonyl (C=O) groups excluding carboxylic acids is 1. The van der Waals surface area contributed by atoms with E-state index in [1.54, 1.807) is 18.2 Å². The van der Waals surface area contributed by atoms with Crippen molar-refractivity contribution in [2.45, 2.75) is 11.3 Å². The van der Waals surface area contributed by atoms with Crippen molar-refractivity contribution in [3.05, 3.63) is 90.0 Å². The Balaban J connectivity index is 1.61. The highest BCUT2D eigenvalue weighted by molar-refractivity contribution is 7.89. The molecule has 0 saturated heterocycles. The van der Waals surface area contributed by atoms with Crippen LogP contribution in [0.5, 0.6) is 0 Å². The summed E-state index contributed by atoms with van der Waals surface area (Å²) in [4.78, 5) is 12.7. The van der Waals surface area contributed by atoms with E-state index in [2.05, 4.69) is 10.6 Å². The molecule has 144 valence electrons. The molecule has 0 radical (unpaired) electrons. The molecule has 0 atom stereocenters. The summed E-state index contributed by atoms with van der Waals surface area (Å²) in [6.45, 7) is 0.424. The van der Waals surface area contributed by atoms with Gasteiger partial charge in [0, 0.05) is 12.2 Å². The van der Waals surface area contributed by atoms with Gasteiger partial charge in [-0.2, -0.15) is 0 Å². The summed E-state index contributed by atoms with van der Waals surface area (Å²) in [5.74, 6) is -0.180. The summed E-state index contributed by atoms with van der Waals surface area (Å²) in [7, 11) is -3.70. The Bertz CT molecular complexity index is 1050. The monoisotopic (exact) mass is 395 g/mol. The third kappa shape index (κ3) is 5.18. The summed E-state index contributed by atoms with van der Waals surface area (Å²) in [5, 5.41) is 11.2. The second kappa shape index (κ2) is 8.69. The quantitative estimate of drug-likeness (QED) is 0.572. The number of amides is 1. The average molecular weight is 395 g/mol. The molecule has 0 aromatic heterocycles. The Morgan fingerprint density at radius 1 is 0.857 bits per heavy atom. The van der Waals surface area contributed by atoms with Crippen LogP contribution in [-0.4, -0.2) is 20.9 Å². The molecule has 0 aliphatic carbocycles. The number of primary sulfonamides is 1. The van der Waals surface area contributed by atoms with Gasteiger partial charge in [0.2, 0.25) is 10.0 Å². The number of sulfonamides is 1. The Morgan fingerprint density at radius 3 is 2.18 bits per heavy atom. The van der Waals surface area contributed by atoms with Crippen molar-refractivity contribution >= 4 is 27.3 Å². The van der Waals surface area contributed by atoms with Gasteiger partial charge in [0.15, 0.2) is 0 Å². The van der Waals surface area contributed by atoms with Gasteiger partial charge < -0.3 is 10.6 Å². The fraction of sp³-hybridized carbons (Fsp3) is 0.0952. The highest BCUT2D eigenvalue weighted by Crippen LogP contribution is 2.20. The van der Waals surface area contributed by atoms with Crippen molar-refractivity contribution < 1.29 is 13.2 Å². The van der Waals surface area contributed by atoms with Gasteiger partial charge in [0.05, 0.1) is 16.1 Å². The van der Waals surface area contributed by atoms with Gasteiger partial charge in [-0.05, 0) is 48.4 Å². The number of carbonyl (C=O) groups is 1. The first kappa shape index (κ1) is 19.6. The summed E-state index contributed by atoms with van der Waals surface area (Å²) >= 11 is 0. The maximum Gasteiger partial charge on any atom is 0.253 e. The minimum Gasteiger partial charge on any atom is -0.355 e. The Morgan fingerprint density at radius 2 is 1.50 bits per heavy atom. The Kier molecular flexibility index (Phi) is 6.08. The number of nitrogens with two attached hydrogens (primary N) is 1. The summed E-state index contributed by atoms with van der Waals surface area (Å²) in [6, 6.07) is 23.3. The topological polar surface area (TPSA) is 101 Å². The summed E-state index contributed by atoms with van der Waals surface area (Å²) in [6.07, 6.45) is 0.574. The molecule has 0 spiro atoms. The molecule has 0 fully saturated rings. The number of anilines is 2. The molecular formula is C21H21N3O3S. The van der Waals surface area contributed by atoms with Crippen molar-refractivity contribution in [3.8, 4) is 0 Å². The van der Waals surface area contributed by atoms with E-state index >= 15 is 0 Å². The van der Waals surface area contributed by atoms with Crippen LogP contribution in [0.15, 0.2) is 83.8 Å². The van der Waals surface area contributed by atoms with Crippen molar-refractivity contribution in [2.24, 2.45) is 5.14 Å². The van der Waals surface area contributed by atoms with Crippen molar-refractivity contribution in [1.82, 2.24) is 5.32 Å². The molecular weight excluding hydrogens is 374 g/mol. The van der Waals surface area contributed by atoms with E-state index in [0.29, 0.717) is 18.5 Å². The van der Waals surface area contributed by atoms with Crippen molar-refractivity contribution in [3.63, 3.8) is 0 Å². The van der Waals surface area contributed by atoms with Crippen LogP contribution in [0.25, 0.3) is 0 Å². The lowest BCUT2D eigenvalue weighted by atomic mass is 10.1. The van der Waals surface area contributed by atoms with Crippen LogP contribution >= 0.6 is 0 Å². The van der Waals surface area contributed by atoms with Gasteiger partial charge in [-0.15, -0.1) is 0 Å². The van der Waals surface area contributed by atoms with Crippen LogP contribution in [0.1, 0.15) is 15.9 Å². The van der Waals surface area contributed by atoms with E-state index in [1.807, 2.05) is 48.5 Å². The maximum absolute atomic E-state index is 12.6. The van der Waals surface area contributed by atoms with E-state index in [0.717, 1.165) is 16.9 Å². The minimum absolute atomic E-state index is 0.0706. The highest BCUT2D eigenvalue weighted by atomic mass is 32.2. The zero-order valence-electron chi connectivity index (χ0n) is 15.1. The number of hydrogen-bond donors (Lipinski definition) is 3. The molecule has 3 aromatic carbocycles. The second-order valence-corrected chi connectivity index (χ2v) is 7.79. The van der Waals surface area contributed by atoms with Gasteiger partial charge in [0.1, 0.15) is 0 Å². The van der Waals surface area contributed by atoms with E-state index in [9.17, 15) is 13.2 Å². The maximum atomic E-state index is 12.6. The van der Waals surface area contributed by atoms with Crippen LogP contribution in [0.3, 0.4) is 0 Å². The van der Waals surface area contributed by atoms with E-state index in [-0.39, 0.29) is 10.8 Å². The van der Waals surface area contributed by atoms with Crippen LogP contribution < -0.4 is 15.8 Å². The number of nitrogens with one attached hydrogen (secondary N) is 2. The third-order valence-electron chi connectivity index (χ3n) is 4.18. The third-order valence-corrected chi connectivity index (χ3v) is 5.10. The molecule has 0 aliphatic rings. The minimum atomic E-state index is -3.70. The van der Waals surface area contributed by atoms with Crippen molar-refractivity contribution in [2.75, 3.05) is 11.9 Å². The van der Waals surface area contributed by atoms with Gasteiger partial charge in [-0.1, -0.05) is 42.5 Å². The molecule has 0 bridgehead atoms. The summed E-state index contributed by atoms with van der Waals surface area (Å²) < 4.78 is 22.6. The fourth-order valence-corrected chi connectivity index (χ4v) is 3.24. The lowest BCUT2D eigenvalue weighted by molar-refractivity contribution is 0.0955. The first-order valence-electron chi connectivity index (χ1n) is 8.74.